The zero-order valence-electron chi connectivity index (χ0n) is 15.9. The lowest BCUT2D eigenvalue weighted by Crippen LogP contribution is -2.20. The Morgan fingerprint density at radius 3 is 2.43 bits per heavy atom. The van der Waals surface area contributed by atoms with Crippen molar-refractivity contribution in [1.29, 1.82) is 0 Å². The third kappa shape index (κ3) is 4.79. The molecule has 4 aromatic rings. The third-order valence-corrected chi connectivity index (χ3v) is 5.01. The number of thioether (sulfide) groups is 1. The fourth-order valence-corrected chi connectivity index (χ4v) is 3.48. The van der Waals surface area contributed by atoms with Gasteiger partial charge in [-0.3, -0.25) is 14.3 Å². The molecule has 0 saturated heterocycles. The van der Waals surface area contributed by atoms with Gasteiger partial charge in [0.15, 0.2) is 11.0 Å². The molecule has 1 amide bonds. The number of hydrazone groups is 1. The summed E-state index contributed by atoms with van der Waals surface area (Å²) in [6, 6.07) is 25.1. The molecule has 0 bridgehead atoms. The van der Waals surface area contributed by atoms with E-state index in [1.165, 1.54) is 18.0 Å². The van der Waals surface area contributed by atoms with E-state index >= 15 is 0 Å². The molecule has 0 radical (unpaired) electrons. The molecular formula is C22H18N6OS. The van der Waals surface area contributed by atoms with Crippen molar-refractivity contribution in [2.24, 2.45) is 5.10 Å². The lowest BCUT2D eigenvalue weighted by molar-refractivity contribution is -0.118. The predicted octanol–water partition coefficient (Wildman–Crippen LogP) is 3.57. The number of pyridine rings is 1. The molecule has 0 fully saturated rings. The maximum atomic E-state index is 12.2. The first-order valence-corrected chi connectivity index (χ1v) is 10.2. The van der Waals surface area contributed by atoms with Crippen LogP contribution in [-0.2, 0) is 4.79 Å². The molecule has 30 heavy (non-hydrogen) atoms. The molecule has 0 aliphatic carbocycles. The van der Waals surface area contributed by atoms with Crippen LogP contribution in [0.3, 0.4) is 0 Å². The molecule has 0 aliphatic rings. The Kier molecular flexibility index (Phi) is 6.26. The number of nitrogens with one attached hydrogen (secondary N) is 1. The molecule has 0 unspecified atom stereocenters. The van der Waals surface area contributed by atoms with Crippen molar-refractivity contribution >= 4 is 23.9 Å². The van der Waals surface area contributed by atoms with E-state index in [0.717, 1.165) is 17.1 Å². The predicted molar refractivity (Wildman–Crippen MR) is 117 cm³/mol. The summed E-state index contributed by atoms with van der Waals surface area (Å²) in [5.74, 6) is 0.633. The molecule has 7 nitrogen and oxygen atoms in total. The number of rotatable bonds is 7. The number of para-hydroxylation sites is 1. The first-order valence-electron chi connectivity index (χ1n) is 9.23. The molecule has 2 aromatic carbocycles. The summed E-state index contributed by atoms with van der Waals surface area (Å²) in [6.07, 6.45) is 3.17. The van der Waals surface area contributed by atoms with Crippen molar-refractivity contribution in [3.63, 3.8) is 0 Å². The topological polar surface area (TPSA) is 85.1 Å². The second kappa shape index (κ2) is 9.62. The van der Waals surface area contributed by atoms with Crippen LogP contribution in [0.2, 0.25) is 0 Å². The van der Waals surface area contributed by atoms with E-state index < -0.39 is 0 Å². The highest BCUT2D eigenvalue weighted by atomic mass is 32.2. The monoisotopic (exact) mass is 414 g/mol. The molecule has 8 heteroatoms. The molecule has 148 valence electrons. The Labute approximate surface area is 177 Å². The lowest BCUT2D eigenvalue weighted by atomic mass is 10.2. The summed E-state index contributed by atoms with van der Waals surface area (Å²) >= 11 is 1.30. The van der Waals surface area contributed by atoms with Gasteiger partial charge in [-0.2, -0.15) is 5.10 Å². The Morgan fingerprint density at radius 1 is 0.967 bits per heavy atom. The Morgan fingerprint density at radius 2 is 1.70 bits per heavy atom. The van der Waals surface area contributed by atoms with Crippen LogP contribution in [0.1, 0.15) is 5.69 Å². The number of carbonyl (C=O) groups is 1. The molecule has 0 saturated carbocycles. The van der Waals surface area contributed by atoms with E-state index in [4.69, 9.17) is 0 Å². The Hall–Kier alpha value is -3.78. The van der Waals surface area contributed by atoms with Gasteiger partial charge >= 0.3 is 0 Å². The van der Waals surface area contributed by atoms with E-state index in [2.05, 4.69) is 25.7 Å². The van der Waals surface area contributed by atoms with Crippen LogP contribution >= 0.6 is 11.8 Å². The fraction of sp³-hybridized carbons (Fsp3) is 0.0455. The van der Waals surface area contributed by atoms with Crippen molar-refractivity contribution in [3.05, 3.63) is 90.8 Å². The second-order valence-corrected chi connectivity index (χ2v) is 7.12. The number of hydrogen-bond acceptors (Lipinski definition) is 6. The summed E-state index contributed by atoms with van der Waals surface area (Å²) in [7, 11) is 0. The molecule has 2 heterocycles. The van der Waals surface area contributed by atoms with Crippen LogP contribution in [0.15, 0.2) is 95.3 Å². The van der Waals surface area contributed by atoms with Crippen LogP contribution in [0.5, 0.6) is 0 Å². The number of hydrogen-bond donors (Lipinski definition) is 1. The SMILES string of the molecule is O=C(CSc1nnc(-c2ccccc2)n1-c1ccccc1)N/N=C\c1ccccn1. The summed E-state index contributed by atoms with van der Waals surface area (Å²) in [5.41, 5.74) is 5.06. The molecule has 0 aliphatic heterocycles. The smallest absolute Gasteiger partial charge is 0.250 e. The summed E-state index contributed by atoms with van der Waals surface area (Å²) < 4.78 is 1.95. The van der Waals surface area contributed by atoms with Crippen LogP contribution < -0.4 is 5.43 Å². The van der Waals surface area contributed by atoms with Gasteiger partial charge in [0.05, 0.1) is 17.7 Å². The van der Waals surface area contributed by atoms with Gasteiger partial charge < -0.3 is 0 Å². The third-order valence-electron chi connectivity index (χ3n) is 4.09. The molecule has 0 atom stereocenters. The standard InChI is InChI=1S/C22H18N6OS/c29-20(25-24-15-18-11-7-8-14-23-18)16-30-22-27-26-21(17-9-3-1-4-10-17)28(22)19-12-5-2-6-13-19/h1-15H,16H2,(H,25,29)/b24-15-. The highest BCUT2D eigenvalue weighted by Gasteiger charge is 2.16. The number of carbonyl (C=O) groups excluding carboxylic acids is 1. The van der Waals surface area contributed by atoms with E-state index in [9.17, 15) is 4.79 Å². The van der Waals surface area contributed by atoms with Crippen molar-refractivity contribution in [2.45, 2.75) is 5.16 Å². The van der Waals surface area contributed by atoms with E-state index in [1.807, 2.05) is 77.4 Å². The average molecular weight is 414 g/mol. The van der Waals surface area contributed by atoms with E-state index in [-0.39, 0.29) is 11.7 Å². The largest absolute Gasteiger partial charge is 0.272 e. The fourth-order valence-electron chi connectivity index (χ4n) is 2.73. The number of amides is 1. The van der Waals surface area contributed by atoms with Gasteiger partial charge in [0.25, 0.3) is 5.91 Å². The van der Waals surface area contributed by atoms with Gasteiger partial charge in [-0.1, -0.05) is 66.4 Å². The first kappa shape index (κ1) is 19.5. The summed E-state index contributed by atoms with van der Waals surface area (Å²) in [5, 5.41) is 13.3. The van der Waals surface area contributed by atoms with Crippen molar-refractivity contribution in [1.82, 2.24) is 25.2 Å². The zero-order chi connectivity index (χ0) is 20.6. The Bertz CT molecular complexity index is 1130. The first-order chi connectivity index (χ1) is 14.8. The second-order valence-electron chi connectivity index (χ2n) is 6.18. The van der Waals surface area contributed by atoms with Gasteiger partial charge in [-0.15, -0.1) is 10.2 Å². The van der Waals surface area contributed by atoms with E-state index in [0.29, 0.717) is 10.9 Å². The highest BCUT2D eigenvalue weighted by molar-refractivity contribution is 7.99. The molecule has 4 rings (SSSR count). The van der Waals surface area contributed by atoms with E-state index in [1.54, 1.807) is 12.3 Å². The molecule has 0 spiro atoms. The van der Waals surface area contributed by atoms with Crippen LogP contribution in [0.25, 0.3) is 17.1 Å². The average Bonchev–Trinajstić information content (AvgIpc) is 3.23. The highest BCUT2D eigenvalue weighted by Crippen LogP contribution is 2.27. The van der Waals surface area contributed by atoms with Crippen molar-refractivity contribution in [2.75, 3.05) is 5.75 Å². The summed E-state index contributed by atoms with van der Waals surface area (Å²) in [4.78, 5) is 16.3. The molecular weight excluding hydrogens is 396 g/mol. The summed E-state index contributed by atoms with van der Waals surface area (Å²) in [6.45, 7) is 0. The zero-order valence-corrected chi connectivity index (χ0v) is 16.7. The number of aromatic nitrogens is 4. The minimum absolute atomic E-state index is 0.152. The van der Waals surface area contributed by atoms with Gasteiger partial charge in [0, 0.05) is 17.4 Å². The van der Waals surface area contributed by atoms with Crippen LogP contribution in [0.4, 0.5) is 0 Å². The maximum absolute atomic E-state index is 12.2. The molecule has 2 aromatic heterocycles. The normalized spacial score (nSPS) is 10.9. The quantitative estimate of drug-likeness (QED) is 0.284. The van der Waals surface area contributed by atoms with Gasteiger partial charge in [0.2, 0.25) is 0 Å². The lowest BCUT2D eigenvalue weighted by Gasteiger charge is -2.10. The van der Waals surface area contributed by atoms with Crippen LogP contribution in [0, 0.1) is 0 Å². The number of nitrogens with zero attached hydrogens (tertiary/aromatic N) is 5. The van der Waals surface area contributed by atoms with Gasteiger partial charge in [-0.25, -0.2) is 5.43 Å². The Balaban J connectivity index is 1.49. The molecule has 1 N–H and O–H groups in total. The van der Waals surface area contributed by atoms with Gasteiger partial charge in [-0.05, 0) is 24.3 Å². The minimum atomic E-state index is -0.240. The van der Waals surface area contributed by atoms with Crippen LogP contribution in [-0.4, -0.2) is 37.6 Å². The van der Waals surface area contributed by atoms with Gasteiger partial charge in [0.1, 0.15) is 0 Å². The maximum Gasteiger partial charge on any atom is 0.250 e. The van der Waals surface area contributed by atoms with Crippen molar-refractivity contribution in [3.8, 4) is 17.1 Å². The van der Waals surface area contributed by atoms with Crippen molar-refractivity contribution < 1.29 is 4.79 Å². The minimum Gasteiger partial charge on any atom is -0.272 e. The number of benzene rings is 2.